The first-order chi connectivity index (χ1) is 15.4. The number of Topliss-reactive ketones (excluding diaryl/α,β-unsaturated/α-hetero) is 1. The molecule has 7 nitrogen and oxygen atoms in total. The molecule has 4 rings (SSSR count). The molecule has 0 saturated carbocycles. The molecule has 0 amide bonds. The first-order valence-electron chi connectivity index (χ1n) is 9.99. The summed E-state index contributed by atoms with van der Waals surface area (Å²) >= 11 is 9.66. The number of halogens is 1. The van der Waals surface area contributed by atoms with Crippen LogP contribution in [0.1, 0.15) is 37.7 Å². The Morgan fingerprint density at radius 1 is 1.41 bits per heavy atom. The van der Waals surface area contributed by atoms with E-state index < -0.39 is 10.8 Å². The van der Waals surface area contributed by atoms with Crippen LogP contribution in [0.5, 0.6) is 0 Å². The number of allylic oxidation sites excluding steroid dienone is 3. The average molecular weight is 487 g/mol. The zero-order valence-electron chi connectivity index (χ0n) is 17.1. The minimum Gasteiger partial charge on any atom is -0.384 e. The van der Waals surface area contributed by atoms with Gasteiger partial charge in [0.05, 0.1) is 37.4 Å². The molecule has 0 spiro atoms. The first kappa shape index (κ1) is 22.4. The summed E-state index contributed by atoms with van der Waals surface area (Å²) in [5, 5.41) is 23.7. The lowest BCUT2D eigenvalue weighted by Gasteiger charge is -2.39. The van der Waals surface area contributed by atoms with Crippen LogP contribution in [0, 0.1) is 21.4 Å². The summed E-state index contributed by atoms with van der Waals surface area (Å²) < 4.78 is 1.05. The predicted octanol–water partition coefficient (Wildman–Crippen LogP) is 5.73. The van der Waals surface area contributed by atoms with Gasteiger partial charge in [-0.1, -0.05) is 18.5 Å². The van der Waals surface area contributed by atoms with Crippen LogP contribution in [0.25, 0.3) is 0 Å². The van der Waals surface area contributed by atoms with Gasteiger partial charge >= 0.3 is 0 Å². The summed E-state index contributed by atoms with van der Waals surface area (Å²) in [5.41, 5.74) is 9.01. The van der Waals surface area contributed by atoms with Crippen LogP contribution in [0.15, 0.2) is 56.5 Å². The van der Waals surface area contributed by atoms with E-state index in [1.165, 1.54) is 18.2 Å². The molecule has 2 heterocycles. The first-order valence-corrected chi connectivity index (χ1v) is 12.2. The largest absolute Gasteiger partial charge is 0.384 e. The Morgan fingerprint density at radius 2 is 2.19 bits per heavy atom. The Bertz CT molecular complexity index is 1230. The fourth-order valence-corrected chi connectivity index (χ4v) is 6.50. The number of carbonyl (C=O) groups excluding carboxylic acids is 1. The van der Waals surface area contributed by atoms with Crippen molar-refractivity contribution in [2.45, 2.75) is 36.3 Å². The van der Waals surface area contributed by atoms with Crippen molar-refractivity contribution in [3.8, 4) is 6.07 Å². The van der Waals surface area contributed by atoms with E-state index in [0.717, 1.165) is 15.5 Å². The highest BCUT2D eigenvalue weighted by molar-refractivity contribution is 8.01. The number of nitrogens with two attached hydrogens (primary N) is 1. The number of rotatable bonds is 5. The van der Waals surface area contributed by atoms with Crippen LogP contribution in [-0.2, 0) is 4.79 Å². The number of anilines is 1. The molecule has 1 aliphatic heterocycles. The van der Waals surface area contributed by atoms with Gasteiger partial charge in [-0.25, -0.2) is 0 Å². The third-order valence-electron chi connectivity index (χ3n) is 5.54. The van der Waals surface area contributed by atoms with Crippen LogP contribution < -0.4 is 10.6 Å². The number of non-ortho nitro benzene ring substituents is 1. The van der Waals surface area contributed by atoms with Crippen molar-refractivity contribution in [3.63, 3.8) is 0 Å². The van der Waals surface area contributed by atoms with E-state index in [2.05, 4.69) is 6.07 Å². The third kappa shape index (κ3) is 3.68. The predicted molar refractivity (Wildman–Crippen MR) is 127 cm³/mol. The molecule has 0 saturated heterocycles. The second kappa shape index (κ2) is 8.98. The number of nitro benzene ring substituents is 1. The topological polar surface area (TPSA) is 113 Å². The Labute approximate surface area is 198 Å². The zero-order valence-corrected chi connectivity index (χ0v) is 19.5. The molecule has 0 bridgehead atoms. The zero-order chi connectivity index (χ0) is 23.0. The summed E-state index contributed by atoms with van der Waals surface area (Å²) in [5.74, 6) is 0.405. The van der Waals surface area contributed by atoms with Crippen LogP contribution >= 0.6 is 34.7 Å². The molecule has 10 heteroatoms. The lowest BCUT2D eigenvalue weighted by Crippen LogP contribution is -2.38. The summed E-state index contributed by atoms with van der Waals surface area (Å²) in [4.78, 5) is 25.6. The lowest BCUT2D eigenvalue weighted by molar-refractivity contribution is -0.384. The Morgan fingerprint density at radius 3 is 2.88 bits per heavy atom. The van der Waals surface area contributed by atoms with E-state index in [9.17, 15) is 20.2 Å². The number of hydrogen-bond acceptors (Lipinski definition) is 8. The highest BCUT2D eigenvalue weighted by atomic mass is 35.5. The molecule has 1 aliphatic carbocycles. The van der Waals surface area contributed by atoms with E-state index in [1.54, 1.807) is 28.0 Å². The highest BCUT2D eigenvalue weighted by Crippen LogP contribution is 2.50. The van der Waals surface area contributed by atoms with E-state index in [0.29, 0.717) is 36.2 Å². The molecule has 1 aromatic heterocycles. The summed E-state index contributed by atoms with van der Waals surface area (Å²) in [6, 6.07) is 8.23. The number of hydrogen-bond donors (Lipinski definition) is 1. The van der Waals surface area contributed by atoms with Crippen molar-refractivity contribution in [3.05, 3.63) is 73.0 Å². The minimum atomic E-state index is -0.558. The molecule has 2 aliphatic rings. The van der Waals surface area contributed by atoms with Crippen molar-refractivity contribution >= 4 is 51.9 Å². The number of nitriles is 1. The van der Waals surface area contributed by atoms with Crippen LogP contribution in [0.4, 0.5) is 11.4 Å². The van der Waals surface area contributed by atoms with Gasteiger partial charge in [-0.05, 0) is 41.7 Å². The van der Waals surface area contributed by atoms with Crippen molar-refractivity contribution in [1.82, 2.24) is 0 Å². The molecular formula is C22H19ClN4O3S2. The average Bonchev–Trinajstić information content (AvgIpc) is 3.22. The van der Waals surface area contributed by atoms with E-state index in [4.69, 9.17) is 17.3 Å². The Balaban J connectivity index is 1.98. The summed E-state index contributed by atoms with van der Waals surface area (Å²) in [7, 11) is 0. The number of thiophene rings is 1. The van der Waals surface area contributed by atoms with Gasteiger partial charge in [-0.2, -0.15) is 5.26 Å². The molecule has 1 aromatic carbocycles. The fraction of sp³-hybridized carbons (Fsp3) is 0.273. The quantitative estimate of drug-likeness (QED) is 0.326. The molecular weight excluding hydrogens is 468 g/mol. The fourth-order valence-electron chi connectivity index (χ4n) is 4.23. The van der Waals surface area contributed by atoms with Crippen LogP contribution in [0.2, 0.25) is 5.02 Å². The normalized spacial score (nSPS) is 18.6. The van der Waals surface area contributed by atoms with Gasteiger partial charge in [0.1, 0.15) is 5.82 Å². The van der Waals surface area contributed by atoms with E-state index >= 15 is 0 Å². The number of thioether (sulfide) groups is 1. The number of nitro groups is 1. The van der Waals surface area contributed by atoms with Crippen LogP contribution in [-0.4, -0.2) is 16.5 Å². The maximum Gasteiger partial charge on any atom is 0.271 e. The smallest absolute Gasteiger partial charge is 0.271 e. The Hall–Kier alpha value is -2.80. The molecule has 2 aromatic rings. The van der Waals surface area contributed by atoms with Gasteiger partial charge in [0.2, 0.25) is 0 Å². The summed E-state index contributed by atoms with van der Waals surface area (Å²) in [6.07, 6.45) is 1.56. The third-order valence-corrected chi connectivity index (χ3v) is 8.01. The molecule has 32 heavy (non-hydrogen) atoms. The van der Waals surface area contributed by atoms with Crippen LogP contribution in [0.3, 0.4) is 0 Å². The molecule has 0 fully saturated rings. The van der Waals surface area contributed by atoms with Gasteiger partial charge in [0.25, 0.3) is 5.69 Å². The summed E-state index contributed by atoms with van der Waals surface area (Å²) in [6.45, 7) is 2.05. The number of nitrogens with zero attached hydrogens (tertiary/aromatic N) is 3. The van der Waals surface area contributed by atoms with Gasteiger partial charge in [0.15, 0.2) is 5.78 Å². The van der Waals surface area contributed by atoms with Crippen molar-refractivity contribution in [1.29, 1.82) is 5.26 Å². The highest BCUT2D eigenvalue weighted by Gasteiger charge is 2.42. The Kier molecular flexibility index (Phi) is 6.29. The second-order valence-electron chi connectivity index (χ2n) is 7.31. The monoisotopic (exact) mass is 486 g/mol. The van der Waals surface area contributed by atoms with Crippen molar-refractivity contribution in [2.75, 3.05) is 10.7 Å². The van der Waals surface area contributed by atoms with Crippen molar-refractivity contribution < 1.29 is 9.72 Å². The molecule has 2 N–H and O–H groups in total. The molecule has 1 atom stereocenters. The number of ketones is 1. The number of benzene rings is 1. The van der Waals surface area contributed by atoms with E-state index in [-0.39, 0.29) is 27.9 Å². The molecule has 164 valence electrons. The number of carbonyl (C=O) groups is 1. The standard InChI is InChI=1S/C22H19ClN4O3S2/c1-2-31-22-13(8-9-32-22)19-14(11-24)21(25)26(16-4-3-5-18(28)20(16)19)17-10-12(27(29)30)6-7-15(17)23/h6-10,19H,2-5,25H2,1H3/t19-/m0/s1. The van der Waals surface area contributed by atoms with Crippen molar-refractivity contribution in [2.24, 2.45) is 5.73 Å². The van der Waals surface area contributed by atoms with E-state index in [1.807, 2.05) is 18.4 Å². The SMILES string of the molecule is CCSc1sccc1[C@H]1C(C#N)=C(N)N(c2cc([N+](=O)[O-])ccc2Cl)C2=C1C(=O)CCC2. The minimum absolute atomic E-state index is 0.0401. The lowest BCUT2D eigenvalue weighted by atomic mass is 9.76. The maximum absolute atomic E-state index is 13.2. The van der Waals surface area contributed by atoms with Gasteiger partial charge in [-0.3, -0.25) is 19.8 Å². The molecule has 0 radical (unpaired) electrons. The van der Waals surface area contributed by atoms with Gasteiger partial charge < -0.3 is 5.73 Å². The maximum atomic E-state index is 13.2. The molecule has 0 unspecified atom stereocenters. The van der Waals surface area contributed by atoms with Gasteiger partial charge in [0, 0.05) is 29.8 Å². The van der Waals surface area contributed by atoms with Gasteiger partial charge in [-0.15, -0.1) is 23.1 Å². The second-order valence-corrected chi connectivity index (χ2v) is 10.2.